The first-order chi connectivity index (χ1) is 7.27. The molecular weight excluding hydrogens is 198 g/mol. The van der Waals surface area contributed by atoms with Crippen molar-refractivity contribution < 1.29 is 14.4 Å². The zero-order chi connectivity index (χ0) is 11.1. The summed E-state index contributed by atoms with van der Waals surface area (Å²) in [5, 5.41) is 13.3. The highest BCUT2D eigenvalue weighted by molar-refractivity contribution is 4.90. The first-order valence-electron chi connectivity index (χ1n) is 4.97. The highest BCUT2D eigenvalue weighted by atomic mass is 16.5. The molecule has 0 fully saturated rings. The van der Waals surface area contributed by atoms with Crippen LogP contribution < -0.4 is 5.73 Å². The van der Waals surface area contributed by atoms with E-state index in [0.717, 1.165) is 6.42 Å². The second-order valence-corrected chi connectivity index (χ2v) is 3.24. The van der Waals surface area contributed by atoms with E-state index in [1.54, 1.807) is 7.11 Å². The maximum Gasteiger partial charge on any atom is 0.255 e. The molecule has 0 aliphatic rings. The van der Waals surface area contributed by atoms with Crippen LogP contribution in [0.25, 0.3) is 0 Å². The number of hydrogen-bond acceptors (Lipinski definition) is 6. The van der Waals surface area contributed by atoms with Gasteiger partial charge in [0, 0.05) is 20.1 Å². The van der Waals surface area contributed by atoms with Gasteiger partial charge in [-0.3, -0.25) is 0 Å². The highest BCUT2D eigenvalue weighted by Gasteiger charge is 2.14. The van der Waals surface area contributed by atoms with Crippen molar-refractivity contribution in [2.24, 2.45) is 5.73 Å². The van der Waals surface area contributed by atoms with Crippen molar-refractivity contribution in [3.05, 3.63) is 11.7 Å². The second kappa shape index (κ2) is 6.49. The fourth-order valence-corrected chi connectivity index (χ4v) is 1.16. The number of ether oxygens (including phenoxy) is 1. The maximum atomic E-state index is 9.50. The van der Waals surface area contributed by atoms with E-state index in [1.165, 1.54) is 0 Å². The van der Waals surface area contributed by atoms with Gasteiger partial charge in [0.2, 0.25) is 0 Å². The molecule has 0 aliphatic heterocycles. The number of aliphatic hydroxyl groups is 1. The number of aromatic nitrogens is 2. The van der Waals surface area contributed by atoms with Crippen LogP contribution in [-0.2, 0) is 11.2 Å². The minimum Gasteiger partial charge on any atom is -0.385 e. The largest absolute Gasteiger partial charge is 0.385 e. The number of methoxy groups -OCH3 is 1. The molecule has 1 atom stereocenters. The molecule has 0 unspecified atom stereocenters. The Morgan fingerprint density at radius 3 is 3.07 bits per heavy atom. The lowest BCUT2D eigenvalue weighted by molar-refractivity contribution is 0.127. The molecule has 0 aliphatic carbocycles. The van der Waals surface area contributed by atoms with Crippen LogP contribution in [0.15, 0.2) is 4.52 Å². The Morgan fingerprint density at radius 2 is 2.40 bits per heavy atom. The van der Waals surface area contributed by atoms with Gasteiger partial charge in [-0.15, -0.1) is 0 Å². The van der Waals surface area contributed by atoms with Crippen LogP contribution in [0, 0.1) is 0 Å². The fourth-order valence-electron chi connectivity index (χ4n) is 1.16. The van der Waals surface area contributed by atoms with Crippen molar-refractivity contribution in [2.75, 3.05) is 20.3 Å². The topological polar surface area (TPSA) is 94.4 Å². The van der Waals surface area contributed by atoms with Crippen LogP contribution in [-0.4, -0.2) is 35.5 Å². The van der Waals surface area contributed by atoms with Gasteiger partial charge in [-0.05, 0) is 19.4 Å². The van der Waals surface area contributed by atoms with Crippen LogP contribution in [0.1, 0.15) is 30.7 Å². The van der Waals surface area contributed by atoms with Gasteiger partial charge < -0.3 is 20.1 Å². The predicted octanol–water partition coefficient (Wildman–Crippen LogP) is 0.0308. The van der Waals surface area contributed by atoms with E-state index in [0.29, 0.717) is 31.8 Å². The lowest BCUT2D eigenvalue weighted by Gasteiger charge is -2.00. The zero-order valence-corrected chi connectivity index (χ0v) is 8.85. The summed E-state index contributed by atoms with van der Waals surface area (Å²) < 4.78 is 9.81. The van der Waals surface area contributed by atoms with Gasteiger partial charge in [0.1, 0.15) is 6.10 Å². The van der Waals surface area contributed by atoms with E-state index in [2.05, 4.69) is 10.1 Å². The molecule has 0 radical (unpaired) electrons. The van der Waals surface area contributed by atoms with Crippen LogP contribution >= 0.6 is 0 Å². The summed E-state index contributed by atoms with van der Waals surface area (Å²) in [6, 6.07) is 0. The van der Waals surface area contributed by atoms with Crippen LogP contribution in [0.4, 0.5) is 0 Å². The van der Waals surface area contributed by atoms with Crippen molar-refractivity contribution >= 4 is 0 Å². The third kappa shape index (κ3) is 3.94. The second-order valence-electron chi connectivity index (χ2n) is 3.24. The lowest BCUT2D eigenvalue weighted by Crippen LogP contribution is -2.07. The van der Waals surface area contributed by atoms with Gasteiger partial charge in [0.15, 0.2) is 5.82 Å². The molecule has 0 aromatic carbocycles. The van der Waals surface area contributed by atoms with Gasteiger partial charge in [-0.1, -0.05) is 5.16 Å². The molecule has 1 aromatic heterocycles. The summed E-state index contributed by atoms with van der Waals surface area (Å²) in [6.07, 6.45) is 1.20. The van der Waals surface area contributed by atoms with Gasteiger partial charge in [0.05, 0.1) is 0 Å². The molecule has 3 N–H and O–H groups in total. The number of hydrogen-bond donors (Lipinski definition) is 2. The summed E-state index contributed by atoms with van der Waals surface area (Å²) in [5.41, 5.74) is 5.31. The van der Waals surface area contributed by atoms with E-state index in [1.807, 2.05) is 0 Å². The Labute approximate surface area is 88.4 Å². The summed E-state index contributed by atoms with van der Waals surface area (Å²) in [7, 11) is 1.65. The van der Waals surface area contributed by atoms with Gasteiger partial charge in [-0.2, -0.15) is 4.98 Å². The summed E-state index contributed by atoms with van der Waals surface area (Å²) >= 11 is 0. The Morgan fingerprint density at radius 1 is 1.60 bits per heavy atom. The average molecular weight is 215 g/mol. The molecule has 6 heteroatoms. The first kappa shape index (κ1) is 12.1. The SMILES string of the molecule is COCCCc1noc([C@@H](O)CCN)n1. The average Bonchev–Trinajstić information content (AvgIpc) is 2.67. The van der Waals surface area contributed by atoms with Gasteiger partial charge in [0.25, 0.3) is 5.89 Å². The molecule has 0 amide bonds. The molecule has 0 saturated heterocycles. The molecule has 1 heterocycles. The van der Waals surface area contributed by atoms with Crippen molar-refractivity contribution in [3.8, 4) is 0 Å². The zero-order valence-electron chi connectivity index (χ0n) is 8.85. The smallest absolute Gasteiger partial charge is 0.255 e. The van der Waals surface area contributed by atoms with Gasteiger partial charge in [-0.25, -0.2) is 0 Å². The molecule has 6 nitrogen and oxygen atoms in total. The van der Waals surface area contributed by atoms with E-state index in [4.69, 9.17) is 15.0 Å². The number of nitrogens with zero attached hydrogens (tertiary/aromatic N) is 2. The van der Waals surface area contributed by atoms with E-state index in [-0.39, 0.29) is 5.89 Å². The predicted molar refractivity (Wildman–Crippen MR) is 53.1 cm³/mol. The fraction of sp³-hybridized carbons (Fsp3) is 0.778. The molecule has 15 heavy (non-hydrogen) atoms. The normalized spacial score (nSPS) is 13.0. The standard InChI is InChI=1S/C9H17N3O3/c1-14-6-2-3-8-11-9(15-12-8)7(13)4-5-10/h7,13H,2-6,10H2,1H3/t7-/m0/s1. The van der Waals surface area contributed by atoms with Crippen molar-refractivity contribution in [1.82, 2.24) is 10.1 Å². The molecule has 1 rings (SSSR count). The molecule has 0 spiro atoms. The number of aliphatic hydroxyl groups excluding tert-OH is 1. The van der Waals surface area contributed by atoms with Crippen molar-refractivity contribution in [1.29, 1.82) is 0 Å². The Bertz CT molecular complexity index is 277. The number of rotatable bonds is 7. The summed E-state index contributed by atoms with van der Waals surface area (Å²) in [5.74, 6) is 0.839. The summed E-state index contributed by atoms with van der Waals surface area (Å²) in [6.45, 7) is 1.05. The van der Waals surface area contributed by atoms with Crippen LogP contribution in [0.2, 0.25) is 0 Å². The van der Waals surface area contributed by atoms with E-state index < -0.39 is 6.10 Å². The molecular formula is C9H17N3O3. The lowest BCUT2D eigenvalue weighted by atomic mass is 10.2. The van der Waals surface area contributed by atoms with Gasteiger partial charge >= 0.3 is 0 Å². The monoisotopic (exact) mass is 215 g/mol. The Balaban J connectivity index is 2.41. The molecule has 86 valence electrons. The van der Waals surface area contributed by atoms with Crippen molar-refractivity contribution in [2.45, 2.75) is 25.4 Å². The third-order valence-corrected chi connectivity index (χ3v) is 1.96. The third-order valence-electron chi connectivity index (χ3n) is 1.96. The number of nitrogens with two attached hydrogens (primary N) is 1. The van der Waals surface area contributed by atoms with Crippen molar-refractivity contribution in [3.63, 3.8) is 0 Å². The maximum absolute atomic E-state index is 9.50. The van der Waals surface area contributed by atoms with Crippen LogP contribution in [0.5, 0.6) is 0 Å². The Hall–Kier alpha value is -0.980. The number of aryl methyl sites for hydroxylation is 1. The van der Waals surface area contributed by atoms with Crippen LogP contribution in [0.3, 0.4) is 0 Å². The van der Waals surface area contributed by atoms with E-state index >= 15 is 0 Å². The summed E-state index contributed by atoms with van der Waals surface area (Å²) in [4.78, 5) is 4.06. The quantitative estimate of drug-likeness (QED) is 0.623. The highest BCUT2D eigenvalue weighted by Crippen LogP contribution is 2.13. The first-order valence-corrected chi connectivity index (χ1v) is 4.97. The molecule has 0 saturated carbocycles. The molecule has 1 aromatic rings. The Kier molecular flexibility index (Phi) is 5.23. The minimum absolute atomic E-state index is 0.243. The molecule has 0 bridgehead atoms. The minimum atomic E-state index is -0.751. The van der Waals surface area contributed by atoms with E-state index in [9.17, 15) is 5.11 Å².